The van der Waals surface area contributed by atoms with Crippen molar-refractivity contribution in [2.45, 2.75) is 0 Å². The highest BCUT2D eigenvalue weighted by atomic mass is 16.5. The molecular formula is C14H10N2O. The van der Waals surface area contributed by atoms with E-state index >= 15 is 0 Å². The predicted octanol–water partition coefficient (Wildman–Crippen LogP) is 3.40. The molecule has 1 aromatic carbocycles. The topological polar surface area (TPSA) is 38.9 Å². The van der Waals surface area contributed by atoms with E-state index in [4.69, 9.17) is 4.52 Å². The fraction of sp³-hybridized carbons (Fsp3) is 0. The third kappa shape index (κ3) is 1.95. The summed E-state index contributed by atoms with van der Waals surface area (Å²) in [5.41, 5.74) is 2.82. The average molecular weight is 222 g/mol. The van der Waals surface area contributed by atoms with Gasteiger partial charge in [0.1, 0.15) is 5.69 Å². The summed E-state index contributed by atoms with van der Waals surface area (Å²) >= 11 is 0. The summed E-state index contributed by atoms with van der Waals surface area (Å²) in [4.78, 5) is 4.06. The van der Waals surface area contributed by atoms with Crippen LogP contribution in [-0.4, -0.2) is 10.1 Å². The fourth-order valence-corrected chi connectivity index (χ4v) is 1.66. The minimum absolute atomic E-state index is 0.733. The largest absolute Gasteiger partial charge is 0.356 e. The first kappa shape index (κ1) is 9.78. The Labute approximate surface area is 98.7 Å². The van der Waals surface area contributed by atoms with Crippen molar-refractivity contribution in [2.24, 2.45) is 0 Å². The molecule has 0 atom stereocenters. The van der Waals surface area contributed by atoms with Crippen molar-refractivity contribution in [1.82, 2.24) is 10.1 Å². The number of pyridine rings is 1. The van der Waals surface area contributed by atoms with Crippen LogP contribution in [0.4, 0.5) is 0 Å². The Kier molecular flexibility index (Phi) is 2.43. The second-order valence-corrected chi connectivity index (χ2v) is 3.68. The van der Waals surface area contributed by atoms with E-state index in [9.17, 15) is 0 Å². The highest BCUT2D eigenvalue weighted by Crippen LogP contribution is 2.24. The van der Waals surface area contributed by atoms with E-state index in [2.05, 4.69) is 10.1 Å². The van der Waals surface area contributed by atoms with Gasteiger partial charge in [-0.3, -0.25) is 4.98 Å². The summed E-state index contributed by atoms with van der Waals surface area (Å²) in [6, 6.07) is 15.7. The standard InChI is InChI=1S/C14H10N2O/c1-2-5-11(6-3-1)13-9-14(17-16-13)12-7-4-8-15-10-12/h1-10H. The van der Waals surface area contributed by atoms with Crippen molar-refractivity contribution in [3.8, 4) is 22.6 Å². The van der Waals surface area contributed by atoms with Crippen LogP contribution in [0.1, 0.15) is 0 Å². The number of benzene rings is 1. The number of aromatic nitrogens is 2. The van der Waals surface area contributed by atoms with Gasteiger partial charge in [-0.2, -0.15) is 0 Å². The second-order valence-electron chi connectivity index (χ2n) is 3.68. The van der Waals surface area contributed by atoms with Crippen LogP contribution in [0.5, 0.6) is 0 Å². The molecule has 17 heavy (non-hydrogen) atoms. The van der Waals surface area contributed by atoms with Gasteiger partial charge in [0.2, 0.25) is 0 Å². The molecule has 0 aliphatic rings. The monoisotopic (exact) mass is 222 g/mol. The summed E-state index contributed by atoms with van der Waals surface area (Å²) < 4.78 is 5.32. The van der Waals surface area contributed by atoms with E-state index in [1.807, 2.05) is 48.5 Å². The third-order valence-corrected chi connectivity index (χ3v) is 2.53. The predicted molar refractivity (Wildman–Crippen MR) is 65.2 cm³/mol. The maximum Gasteiger partial charge on any atom is 0.169 e. The molecule has 3 aromatic rings. The van der Waals surface area contributed by atoms with Crippen molar-refractivity contribution in [3.05, 3.63) is 60.9 Å². The lowest BCUT2D eigenvalue weighted by Gasteiger charge is -1.92. The molecule has 0 spiro atoms. The molecule has 0 saturated carbocycles. The van der Waals surface area contributed by atoms with Crippen LogP contribution in [0.15, 0.2) is 65.4 Å². The Bertz CT molecular complexity index is 548. The van der Waals surface area contributed by atoms with Crippen molar-refractivity contribution < 1.29 is 4.52 Å². The van der Waals surface area contributed by atoms with Gasteiger partial charge in [-0.1, -0.05) is 35.5 Å². The van der Waals surface area contributed by atoms with Gasteiger partial charge >= 0.3 is 0 Å². The molecule has 0 radical (unpaired) electrons. The van der Waals surface area contributed by atoms with Crippen molar-refractivity contribution in [1.29, 1.82) is 0 Å². The zero-order valence-electron chi connectivity index (χ0n) is 9.08. The van der Waals surface area contributed by atoms with Crippen LogP contribution in [0.3, 0.4) is 0 Å². The number of nitrogens with zero attached hydrogens (tertiary/aromatic N) is 2. The van der Waals surface area contributed by atoms with E-state index in [-0.39, 0.29) is 0 Å². The molecule has 0 fully saturated rings. The lowest BCUT2D eigenvalue weighted by atomic mass is 10.1. The molecule has 2 aromatic heterocycles. The normalized spacial score (nSPS) is 10.4. The van der Waals surface area contributed by atoms with Gasteiger partial charge in [0.25, 0.3) is 0 Å². The second kappa shape index (κ2) is 4.22. The van der Waals surface area contributed by atoms with Crippen LogP contribution < -0.4 is 0 Å². The molecular weight excluding hydrogens is 212 g/mol. The molecule has 0 bridgehead atoms. The van der Waals surface area contributed by atoms with Crippen LogP contribution in [0.2, 0.25) is 0 Å². The van der Waals surface area contributed by atoms with E-state index in [0.717, 1.165) is 22.6 Å². The SMILES string of the molecule is c1ccc(-c2cc(-c3cccnc3)on2)cc1. The maximum atomic E-state index is 5.32. The zero-order chi connectivity index (χ0) is 11.5. The number of hydrogen-bond acceptors (Lipinski definition) is 3. The summed E-state index contributed by atoms with van der Waals surface area (Å²) in [6.07, 6.45) is 3.49. The van der Waals surface area contributed by atoms with Gasteiger partial charge in [-0.05, 0) is 12.1 Å². The number of rotatable bonds is 2. The van der Waals surface area contributed by atoms with Gasteiger partial charge in [0.15, 0.2) is 5.76 Å². The van der Waals surface area contributed by atoms with Crippen molar-refractivity contribution >= 4 is 0 Å². The van der Waals surface area contributed by atoms with Gasteiger partial charge in [-0.25, -0.2) is 0 Å². The molecule has 0 aliphatic carbocycles. The van der Waals surface area contributed by atoms with E-state index in [1.54, 1.807) is 12.4 Å². The molecule has 2 heterocycles. The van der Waals surface area contributed by atoms with Gasteiger partial charge in [-0.15, -0.1) is 0 Å². The quantitative estimate of drug-likeness (QED) is 0.667. The highest BCUT2D eigenvalue weighted by molar-refractivity contribution is 5.65. The van der Waals surface area contributed by atoms with Crippen LogP contribution in [0.25, 0.3) is 22.6 Å². The van der Waals surface area contributed by atoms with Crippen molar-refractivity contribution in [2.75, 3.05) is 0 Å². The minimum atomic E-state index is 0.733. The Hall–Kier alpha value is -2.42. The average Bonchev–Trinajstić information content (AvgIpc) is 2.90. The van der Waals surface area contributed by atoms with Crippen LogP contribution in [0, 0.1) is 0 Å². The highest BCUT2D eigenvalue weighted by Gasteiger charge is 2.07. The zero-order valence-corrected chi connectivity index (χ0v) is 9.08. The Morgan fingerprint density at radius 2 is 1.71 bits per heavy atom. The van der Waals surface area contributed by atoms with Crippen LogP contribution in [-0.2, 0) is 0 Å². The molecule has 0 unspecified atom stereocenters. The summed E-state index contributed by atoms with van der Waals surface area (Å²) in [5, 5.41) is 4.06. The molecule has 3 heteroatoms. The summed E-state index contributed by atoms with van der Waals surface area (Å²) in [6.45, 7) is 0. The molecule has 0 amide bonds. The van der Waals surface area contributed by atoms with E-state index in [1.165, 1.54) is 0 Å². The molecule has 3 rings (SSSR count). The minimum Gasteiger partial charge on any atom is -0.356 e. The fourth-order valence-electron chi connectivity index (χ4n) is 1.66. The molecule has 82 valence electrons. The lowest BCUT2D eigenvalue weighted by molar-refractivity contribution is 0.435. The Morgan fingerprint density at radius 3 is 2.47 bits per heavy atom. The van der Waals surface area contributed by atoms with Gasteiger partial charge < -0.3 is 4.52 Å². The number of hydrogen-bond donors (Lipinski definition) is 0. The van der Waals surface area contributed by atoms with Gasteiger partial charge in [0.05, 0.1) is 0 Å². The first-order valence-corrected chi connectivity index (χ1v) is 5.36. The van der Waals surface area contributed by atoms with Crippen LogP contribution >= 0.6 is 0 Å². The summed E-state index contributed by atoms with van der Waals surface area (Å²) in [5.74, 6) is 0.733. The molecule has 0 saturated heterocycles. The molecule has 0 N–H and O–H groups in total. The summed E-state index contributed by atoms with van der Waals surface area (Å²) in [7, 11) is 0. The third-order valence-electron chi connectivity index (χ3n) is 2.53. The lowest BCUT2D eigenvalue weighted by Crippen LogP contribution is -1.75. The first-order chi connectivity index (χ1) is 8.43. The van der Waals surface area contributed by atoms with Gasteiger partial charge in [0, 0.05) is 29.6 Å². The Balaban J connectivity index is 1.99. The maximum absolute atomic E-state index is 5.32. The molecule has 3 nitrogen and oxygen atoms in total. The van der Waals surface area contributed by atoms with E-state index < -0.39 is 0 Å². The first-order valence-electron chi connectivity index (χ1n) is 5.36. The molecule has 0 aliphatic heterocycles. The Morgan fingerprint density at radius 1 is 0.882 bits per heavy atom. The smallest absolute Gasteiger partial charge is 0.169 e. The van der Waals surface area contributed by atoms with Crippen molar-refractivity contribution in [3.63, 3.8) is 0 Å². The van der Waals surface area contributed by atoms with E-state index in [0.29, 0.717) is 0 Å².